The zero-order valence-electron chi connectivity index (χ0n) is 42.4. The predicted molar refractivity (Wildman–Crippen MR) is 330 cm³/mol. The van der Waals surface area contributed by atoms with E-state index in [1.54, 1.807) is 0 Å². The maximum absolute atomic E-state index is 7.55. The van der Waals surface area contributed by atoms with Crippen LogP contribution in [0.1, 0.15) is 0 Å². The third-order valence-electron chi connectivity index (χ3n) is 15.5. The minimum atomic E-state index is -0.176. The van der Waals surface area contributed by atoms with Crippen LogP contribution in [0, 0.1) is 0 Å². The van der Waals surface area contributed by atoms with Crippen LogP contribution in [0.3, 0.4) is 0 Å². The van der Waals surface area contributed by atoms with E-state index in [1.807, 2.05) is 0 Å². The van der Waals surface area contributed by atoms with Crippen molar-refractivity contribution >= 4 is 108 Å². The van der Waals surface area contributed by atoms with Gasteiger partial charge in [0.25, 0.3) is 0 Å². The molecule has 0 atom stereocenters. The van der Waals surface area contributed by atoms with Crippen LogP contribution in [0.25, 0.3) is 52.7 Å². The number of anilines is 9. The first-order valence-corrected chi connectivity index (χ1v) is 28.3. The van der Waals surface area contributed by atoms with Gasteiger partial charge in [0.2, 0.25) is 0 Å². The summed E-state index contributed by atoms with van der Waals surface area (Å²) in [5, 5.41) is 2.65. The van der Waals surface area contributed by atoms with Crippen LogP contribution in [0.2, 0.25) is 0 Å². The molecule has 0 N–H and O–H groups in total. The molecule has 0 saturated carbocycles. The third-order valence-corrected chi connectivity index (χ3v) is 17.9. The van der Waals surface area contributed by atoms with Crippen molar-refractivity contribution in [1.82, 2.24) is 0 Å². The molecule has 2 aliphatic heterocycles. The van der Waals surface area contributed by atoms with Crippen molar-refractivity contribution in [3.63, 3.8) is 0 Å². The van der Waals surface area contributed by atoms with Crippen LogP contribution in [0.5, 0.6) is 11.5 Å². The Hall–Kier alpha value is -9.58. The van der Waals surface area contributed by atoms with Gasteiger partial charge >= 0.3 is 283 Å². The summed E-state index contributed by atoms with van der Waals surface area (Å²) in [5.74, 6) is 1.69. The van der Waals surface area contributed by atoms with Crippen LogP contribution >= 0.6 is 0 Å². The third kappa shape index (κ3) is 7.84. The molecular formula is C72H48BN3OSe. The molecule has 0 saturated heterocycles. The summed E-state index contributed by atoms with van der Waals surface area (Å²) in [6, 6.07) is 106. The summed E-state index contributed by atoms with van der Waals surface area (Å²) in [6.45, 7) is -0.176. The zero-order chi connectivity index (χ0) is 51.5. The molecule has 0 spiro atoms. The van der Waals surface area contributed by atoms with E-state index in [1.165, 1.54) is 24.8 Å². The van der Waals surface area contributed by atoms with Crippen LogP contribution in [0.4, 0.5) is 51.2 Å². The van der Waals surface area contributed by atoms with Gasteiger partial charge in [-0.25, -0.2) is 0 Å². The fraction of sp³-hybridized carbons (Fsp3) is 0. The van der Waals surface area contributed by atoms with E-state index < -0.39 is 0 Å². The molecule has 0 aliphatic carbocycles. The van der Waals surface area contributed by atoms with E-state index in [2.05, 4.69) is 306 Å². The standard InChI is InChI=1S/C72H48BN3OSe/c1-7-22-49(23-8-1)59-35-21-36-60(50-24-9-2-10-25-50)72(59)76-65-47-57(74(53-26-11-3-12-27-53)54-28-13-4-14-29-54)39-41-63(65)73-64-42-40-58(75(55-30-15-5-16-31-55)56-32-17-6-18-33-56)48-67(64)77-68-46-52(45-66(76)71(68)73)51-38-43-70-62(44-51)61-34-19-20-37-69(61)78-70/h1-48H. The van der Waals surface area contributed by atoms with E-state index >= 15 is 0 Å². The van der Waals surface area contributed by atoms with E-state index in [-0.39, 0.29) is 21.2 Å². The summed E-state index contributed by atoms with van der Waals surface area (Å²) in [4.78, 5) is 7.28. The van der Waals surface area contributed by atoms with Gasteiger partial charge < -0.3 is 0 Å². The molecule has 13 aromatic rings. The van der Waals surface area contributed by atoms with Crippen LogP contribution in [0.15, 0.2) is 291 Å². The van der Waals surface area contributed by atoms with E-state index in [0.29, 0.717) is 0 Å². The van der Waals surface area contributed by atoms with Gasteiger partial charge in [0.1, 0.15) is 0 Å². The number of nitrogens with zero attached hydrogens (tertiary/aromatic N) is 3. The molecule has 0 amide bonds. The zero-order valence-corrected chi connectivity index (χ0v) is 44.2. The van der Waals surface area contributed by atoms with Gasteiger partial charge in [-0.05, 0) is 48.5 Å². The van der Waals surface area contributed by atoms with Crippen molar-refractivity contribution in [1.29, 1.82) is 0 Å². The van der Waals surface area contributed by atoms with Crippen molar-refractivity contribution in [3.8, 4) is 44.9 Å². The van der Waals surface area contributed by atoms with Crippen molar-refractivity contribution < 1.29 is 4.74 Å². The van der Waals surface area contributed by atoms with E-state index in [4.69, 9.17) is 4.74 Å². The Morgan fingerprint density at radius 1 is 0.321 bits per heavy atom. The summed E-state index contributed by atoms with van der Waals surface area (Å²) in [6.07, 6.45) is 0. The van der Waals surface area contributed by atoms with Crippen molar-refractivity contribution in [2.75, 3.05) is 14.7 Å². The van der Waals surface area contributed by atoms with Gasteiger partial charge in [-0.15, -0.1) is 0 Å². The summed E-state index contributed by atoms with van der Waals surface area (Å²) < 4.78 is 10.4. The number of ether oxygens (including phenoxy) is 1. The van der Waals surface area contributed by atoms with Gasteiger partial charge in [0.05, 0.1) is 0 Å². The molecule has 3 heterocycles. The second kappa shape index (κ2) is 19.2. The van der Waals surface area contributed by atoms with E-state index in [0.717, 1.165) is 107 Å². The Balaban J connectivity index is 1.04. The van der Waals surface area contributed by atoms with Gasteiger partial charge in [0, 0.05) is 22.7 Å². The normalized spacial score (nSPS) is 12.2. The van der Waals surface area contributed by atoms with Gasteiger partial charge in [-0.1, -0.05) is 109 Å². The van der Waals surface area contributed by atoms with Crippen LogP contribution in [-0.2, 0) is 0 Å². The number of para-hydroxylation sites is 5. The molecule has 0 bridgehead atoms. The Labute approximate surface area is 460 Å². The number of benzene rings is 12. The Kier molecular flexibility index (Phi) is 11.3. The molecule has 12 aromatic carbocycles. The summed E-state index contributed by atoms with van der Waals surface area (Å²) in [7, 11) is 0. The topological polar surface area (TPSA) is 19.0 Å². The molecule has 0 fully saturated rings. The summed E-state index contributed by atoms with van der Waals surface area (Å²) >= 11 is 0.248. The molecule has 4 nitrogen and oxygen atoms in total. The smallest absolute Gasteiger partial charge is 0.0616 e. The molecule has 1 aromatic heterocycles. The Morgan fingerprint density at radius 2 is 0.821 bits per heavy atom. The SMILES string of the molecule is c1ccc(-c2cccc(-c3ccccc3)c2N2c3cc(N(c4ccccc4)c4ccccc4)ccc3B3c4ccc(N(c5ccccc5)c5ccccc5)cc4Oc4cc(-c5ccc6[se]c7ccccc7c6c5)cc2c43)cc1. The number of fused-ring (bicyclic) bond motifs is 7. The number of hydrogen-bond donors (Lipinski definition) is 0. The average molecular weight is 1060 g/mol. The van der Waals surface area contributed by atoms with Crippen molar-refractivity contribution in [2.24, 2.45) is 0 Å². The quantitative estimate of drug-likeness (QED) is 0.127. The molecule has 0 unspecified atom stereocenters. The monoisotopic (exact) mass is 1060 g/mol. The second-order valence-electron chi connectivity index (χ2n) is 20.0. The average Bonchev–Trinajstić information content (AvgIpc) is 4.04. The molecule has 366 valence electrons. The first-order chi connectivity index (χ1) is 38.7. The Bertz CT molecular complexity index is 4230. The molecule has 15 rings (SSSR count). The molecule has 6 heteroatoms. The van der Waals surface area contributed by atoms with Crippen LogP contribution < -0.4 is 35.8 Å². The Morgan fingerprint density at radius 3 is 1.40 bits per heavy atom. The van der Waals surface area contributed by atoms with Gasteiger partial charge in [0.15, 0.2) is 0 Å². The van der Waals surface area contributed by atoms with E-state index in [9.17, 15) is 0 Å². The number of hydrogen-bond acceptors (Lipinski definition) is 4. The fourth-order valence-corrected chi connectivity index (χ4v) is 14.3. The van der Waals surface area contributed by atoms with Crippen molar-refractivity contribution in [2.45, 2.75) is 0 Å². The maximum atomic E-state index is 7.55. The first-order valence-electron chi connectivity index (χ1n) is 26.6. The molecule has 0 radical (unpaired) electrons. The second-order valence-corrected chi connectivity index (χ2v) is 22.3. The molecule has 78 heavy (non-hydrogen) atoms. The minimum Gasteiger partial charge on any atom is -0.0616 e. The number of rotatable bonds is 10. The van der Waals surface area contributed by atoms with Gasteiger partial charge in [-0.2, -0.15) is 0 Å². The van der Waals surface area contributed by atoms with Crippen LogP contribution in [-0.4, -0.2) is 21.2 Å². The minimum absolute atomic E-state index is 0.176. The fourth-order valence-electron chi connectivity index (χ4n) is 12.0. The predicted octanol–water partition coefficient (Wildman–Crippen LogP) is 17.4. The molecule has 2 aliphatic rings. The van der Waals surface area contributed by atoms with Gasteiger partial charge in [-0.3, -0.25) is 0 Å². The molecular weight excluding hydrogens is 1010 g/mol. The van der Waals surface area contributed by atoms with Crippen molar-refractivity contribution in [3.05, 3.63) is 291 Å². The summed E-state index contributed by atoms with van der Waals surface area (Å²) in [5.41, 5.74) is 19.9. The first kappa shape index (κ1) is 45.8.